The predicted molar refractivity (Wildman–Crippen MR) is 68.4 cm³/mol. The fraction of sp³-hybridized carbons (Fsp3) is 0.308. The lowest BCUT2D eigenvalue weighted by molar-refractivity contribution is 0.523. The van der Waals surface area contributed by atoms with Crippen LogP contribution in [0.3, 0.4) is 0 Å². The van der Waals surface area contributed by atoms with E-state index >= 15 is 0 Å². The van der Waals surface area contributed by atoms with Crippen molar-refractivity contribution in [1.82, 2.24) is 10.3 Å². The van der Waals surface area contributed by atoms with Crippen LogP contribution in [-0.2, 0) is 6.54 Å². The Morgan fingerprint density at radius 1 is 1.47 bits per heavy atom. The Balaban J connectivity index is 1.97. The molecule has 0 saturated heterocycles. The van der Waals surface area contributed by atoms with Gasteiger partial charge < -0.3 is 5.32 Å². The minimum absolute atomic E-state index is 0.284. The molecule has 90 valence electrons. The van der Waals surface area contributed by atoms with Crippen LogP contribution in [0.25, 0.3) is 0 Å². The second-order valence-electron chi connectivity index (χ2n) is 3.87. The van der Waals surface area contributed by atoms with E-state index in [4.69, 9.17) is 0 Å². The summed E-state index contributed by atoms with van der Waals surface area (Å²) in [5.74, 6) is -0.284. The SMILES string of the molecule is CCC(NCc1cncc(F)c1)c1cccs1. The van der Waals surface area contributed by atoms with E-state index in [0.717, 1.165) is 12.0 Å². The summed E-state index contributed by atoms with van der Waals surface area (Å²) in [4.78, 5) is 5.15. The highest BCUT2D eigenvalue weighted by Gasteiger charge is 2.09. The van der Waals surface area contributed by atoms with Crippen molar-refractivity contribution in [2.45, 2.75) is 25.9 Å². The molecule has 1 atom stereocenters. The molecule has 0 spiro atoms. The zero-order valence-corrected chi connectivity index (χ0v) is 10.5. The molecule has 2 rings (SSSR count). The summed E-state index contributed by atoms with van der Waals surface area (Å²) >= 11 is 1.74. The van der Waals surface area contributed by atoms with Gasteiger partial charge in [-0.15, -0.1) is 11.3 Å². The first-order chi connectivity index (χ1) is 8.29. The van der Waals surface area contributed by atoms with Gasteiger partial charge in [0.25, 0.3) is 0 Å². The van der Waals surface area contributed by atoms with E-state index in [0.29, 0.717) is 12.6 Å². The Morgan fingerprint density at radius 2 is 2.35 bits per heavy atom. The minimum atomic E-state index is -0.284. The molecule has 2 nitrogen and oxygen atoms in total. The molecule has 0 fully saturated rings. The van der Waals surface area contributed by atoms with Crippen LogP contribution in [0.2, 0.25) is 0 Å². The Kier molecular flexibility index (Phi) is 4.23. The summed E-state index contributed by atoms with van der Waals surface area (Å²) in [5.41, 5.74) is 0.875. The lowest BCUT2D eigenvalue weighted by Crippen LogP contribution is -2.19. The van der Waals surface area contributed by atoms with Crippen LogP contribution in [0, 0.1) is 5.82 Å². The summed E-state index contributed by atoms with van der Waals surface area (Å²) in [6.07, 6.45) is 3.93. The van der Waals surface area contributed by atoms with E-state index in [9.17, 15) is 4.39 Å². The van der Waals surface area contributed by atoms with Gasteiger partial charge in [-0.05, 0) is 29.5 Å². The van der Waals surface area contributed by atoms with Crippen LogP contribution >= 0.6 is 11.3 Å². The van der Waals surface area contributed by atoms with Gasteiger partial charge >= 0.3 is 0 Å². The molecule has 0 bridgehead atoms. The standard InChI is InChI=1S/C13H15FN2S/c1-2-12(13-4-3-5-17-13)16-8-10-6-11(14)9-15-7-10/h3-7,9,12,16H,2,8H2,1H3. The molecule has 0 saturated carbocycles. The van der Waals surface area contributed by atoms with E-state index in [1.54, 1.807) is 17.5 Å². The van der Waals surface area contributed by atoms with E-state index in [1.165, 1.54) is 17.1 Å². The molecule has 1 unspecified atom stereocenters. The van der Waals surface area contributed by atoms with Crippen molar-refractivity contribution in [1.29, 1.82) is 0 Å². The number of pyridine rings is 1. The van der Waals surface area contributed by atoms with Gasteiger partial charge in [-0.1, -0.05) is 13.0 Å². The van der Waals surface area contributed by atoms with Gasteiger partial charge in [0.15, 0.2) is 0 Å². The zero-order chi connectivity index (χ0) is 12.1. The smallest absolute Gasteiger partial charge is 0.141 e. The van der Waals surface area contributed by atoms with Crippen LogP contribution < -0.4 is 5.32 Å². The number of rotatable bonds is 5. The number of halogens is 1. The Morgan fingerprint density at radius 3 is 3.00 bits per heavy atom. The van der Waals surface area contributed by atoms with E-state index in [-0.39, 0.29) is 5.82 Å². The first-order valence-corrected chi connectivity index (χ1v) is 6.53. The summed E-state index contributed by atoms with van der Waals surface area (Å²) in [5, 5.41) is 5.49. The van der Waals surface area contributed by atoms with Crippen molar-refractivity contribution >= 4 is 11.3 Å². The first kappa shape index (κ1) is 12.2. The summed E-state index contributed by atoms with van der Waals surface area (Å²) in [6.45, 7) is 2.78. The summed E-state index contributed by atoms with van der Waals surface area (Å²) in [6, 6.07) is 6.02. The first-order valence-electron chi connectivity index (χ1n) is 5.66. The summed E-state index contributed by atoms with van der Waals surface area (Å²) < 4.78 is 13.0. The molecular weight excluding hydrogens is 235 g/mol. The Bertz CT molecular complexity index is 456. The van der Waals surface area contributed by atoms with Gasteiger partial charge in [-0.25, -0.2) is 4.39 Å². The third-order valence-corrected chi connectivity index (χ3v) is 3.59. The van der Waals surface area contributed by atoms with Crippen molar-refractivity contribution in [3.63, 3.8) is 0 Å². The molecule has 0 aliphatic carbocycles. The fourth-order valence-corrected chi connectivity index (χ4v) is 2.61. The third kappa shape index (κ3) is 3.35. The predicted octanol–water partition coefficient (Wildman–Crippen LogP) is 3.52. The normalized spacial score (nSPS) is 12.6. The molecule has 0 radical (unpaired) electrons. The van der Waals surface area contributed by atoms with Crippen molar-refractivity contribution in [3.05, 3.63) is 52.2 Å². The minimum Gasteiger partial charge on any atom is -0.305 e. The van der Waals surface area contributed by atoms with Gasteiger partial charge in [-0.2, -0.15) is 0 Å². The van der Waals surface area contributed by atoms with Gasteiger partial charge in [0, 0.05) is 23.7 Å². The highest BCUT2D eigenvalue weighted by atomic mass is 32.1. The lowest BCUT2D eigenvalue weighted by Gasteiger charge is -2.15. The molecule has 4 heteroatoms. The van der Waals surface area contributed by atoms with Crippen LogP contribution in [0.15, 0.2) is 36.0 Å². The molecule has 2 heterocycles. The highest BCUT2D eigenvalue weighted by molar-refractivity contribution is 7.10. The molecule has 0 aliphatic rings. The van der Waals surface area contributed by atoms with Crippen molar-refractivity contribution < 1.29 is 4.39 Å². The topological polar surface area (TPSA) is 24.9 Å². The number of hydrogen-bond acceptors (Lipinski definition) is 3. The Hall–Kier alpha value is -1.26. The largest absolute Gasteiger partial charge is 0.305 e. The molecular formula is C13H15FN2S. The fourth-order valence-electron chi connectivity index (χ4n) is 1.73. The van der Waals surface area contributed by atoms with Crippen LogP contribution in [-0.4, -0.2) is 4.98 Å². The number of thiophene rings is 1. The second-order valence-corrected chi connectivity index (χ2v) is 4.85. The number of aromatic nitrogens is 1. The van der Waals surface area contributed by atoms with Gasteiger partial charge in [0.05, 0.1) is 6.20 Å². The number of hydrogen-bond donors (Lipinski definition) is 1. The van der Waals surface area contributed by atoms with Crippen molar-refractivity contribution in [2.24, 2.45) is 0 Å². The van der Waals surface area contributed by atoms with Crippen molar-refractivity contribution in [2.75, 3.05) is 0 Å². The molecule has 2 aromatic rings. The molecule has 17 heavy (non-hydrogen) atoms. The van der Waals surface area contributed by atoms with Gasteiger partial charge in [0.1, 0.15) is 5.82 Å². The average molecular weight is 250 g/mol. The molecule has 2 aromatic heterocycles. The lowest BCUT2D eigenvalue weighted by atomic mass is 10.1. The monoisotopic (exact) mass is 250 g/mol. The zero-order valence-electron chi connectivity index (χ0n) is 9.69. The van der Waals surface area contributed by atoms with Crippen LogP contribution in [0.5, 0.6) is 0 Å². The maximum absolute atomic E-state index is 13.0. The summed E-state index contributed by atoms with van der Waals surface area (Å²) in [7, 11) is 0. The molecule has 0 amide bonds. The van der Waals surface area contributed by atoms with E-state index < -0.39 is 0 Å². The quantitative estimate of drug-likeness (QED) is 0.878. The third-order valence-electron chi connectivity index (χ3n) is 2.61. The molecule has 1 N–H and O–H groups in total. The van der Waals surface area contributed by atoms with Gasteiger partial charge in [-0.3, -0.25) is 4.98 Å². The van der Waals surface area contributed by atoms with Gasteiger partial charge in [0.2, 0.25) is 0 Å². The maximum atomic E-state index is 13.0. The van der Waals surface area contributed by atoms with Crippen LogP contribution in [0.4, 0.5) is 4.39 Å². The Labute approximate surface area is 105 Å². The number of nitrogens with one attached hydrogen (secondary N) is 1. The van der Waals surface area contributed by atoms with Crippen molar-refractivity contribution in [3.8, 4) is 0 Å². The maximum Gasteiger partial charge on any atom is 0.141 e. The highest BCUT2D eigenvalue weighted by Crippen LogP contribution is 2.21. The molecule has 0 aromatic carbocycles. The van der Waals surface area contributed by atoms with E-state index in [2.05, 4.69) is 28.7 Å². The number of nitrogens with zero attached hydrogens (tertiary/aromatic N) is 1. The molecule has 0 aliphatic heterocycles. The second kappa shape index (κ2) is 5.89. The average Bonchev–Trinajstić information content (AvgIpc) is 2.84. The van der Waals surface area contributed by atoms with E-state index in [1.807, 2.05) is 6.07 Å². The van der Waals surface area contributed by atoms with Crippen LogP contribution in [0.1, 0.15) is 29.8 Å².